The Hall–Kier alpha value is -1.97. The van der Waals surface area contributed by atoms with Crippen molar-refractivity contribution in [3.05, 3.63) is 42.0 Å². The van der Waals surface area contributed by atoms with Gasteiger partial charge in [-0.2, -0.15) is 0 Å². The maximum Gasteiger partial charge on any atom is 0.191 e. The third-order valence-corrected chi connectivity index (χ3v) is 4.43. The molecule has 2 rings (SSSR count). The van der Waals surface area contributed by atoms with Crippen molar-refractivity contribution in [1.82, 2.24) is 10.6 Å². The van der Waals surface area contributed by atoms with E-state index in [0.29, 0.717) is 6.04 Å². The van der Waals surface area contributed by atoms with Crippen LogP contribution in [0.2, 0.25) is 0 Å². The van der Waals surface area contributed by atoms with Crippen molar-refractivity contribution in [2.75, 3.05) is 25.0 Å². The van der Waals surface area contributed by atoms with E-state index in [1.807, 2.05) is 7.05 Å². The van der Waals surface area contributed by atoms with Gasteiger partial charge in [-0.1, -0.05) is 50.5 Å². The third kappa shape index (κ3) is 5.91. The summed E-state index contributed by atoms with van der Waals surface area (Å²) in [6.45, 7) is 7.29. The Labute approximate surface area is 147 Å². The highest BCUT2D eigenvalue weighted by molar-refractivity contribution is 5.79. The maximum atomic E-state index is 4.33. The molecule has 0 amide bonds. The number of anilines is 1. The fraction of sp³-hybridized carbons (Fsp3) is 0.550. The molecule has 1 unspecified atom stereocenters. The standard InChI is InChI=1S/C20H32N4/c1-4-5-6-9-17(2)23-20(21-3)22-16-18-10-12-19(13-11-18)24-14-7-8-15-24/h7-8,10-13,17H,4-6,9,14-16H2,1-3H3,(H2,21,22,23). The maximum absolute atomic E-state index is 4.33. The third-order valence-electron chi connectivity index (χ3n) is 4.43. The molecule has 0 saturated heterocycles. The summed E-state index contributed by atoms with van der Waals surface area (Å²) in [5, 5.41) is 6.88. The molecular weight excluding hydrogens is 296 g/mol. The molecule has 4 nitrogen and oxygen atoms in total. The summed E-state index contributed by atoms with van der Waals surface area (Å²) < 4.78 is 0. The van der Waals surface area contributed by atoms with Crippen LogP contribution in [-0.2, 0) is 6.54 Å². The monoisotopic (exact) mass is 328 g/mol. The van der Waals surface area contributed by atoms with E-state index in [2.05, 4.69) is 70.8 Å². The first-order chi connectivity index (χ1) is 11.7. The van der Waals surface area contributed by atoms with Crippen molar-refractivity contribution in [2.45, 2.75) is 52.1 Å². The first-order valence-electron chi connectivity index (χ1n) is 9.19. The average Bonchev–Trinajstić information content (AvgIpc) is 3.14. The van der Waals surface area contributed by atoms with E-state index in [1.165, 1.54) is 36.9 Å². The summed E-state index contributed by atoms with van der Waals surface area (Å²) >= 11 is 0. The molecular formula is C20H32N4. The number of nitrogens with zero attached hydrogens (tertiary/aromatic N) is 2. The smallest absolute Gasteiger partial charge is 0.191 e. The van der Waals surface area contributed by atoms with Gasteiger partial charge in [-0.15, -0.1) is 0 Å². The summed E-state index contributed by atoms with van der Waals surface area (Å²) in [4.78, 5) is 6.69. The lowest BCUT2D eigenvalue weighted by molar-refractivity contribution is 0.546. The Morgan fingerprint density at radius 1 is 1.17 bits per heavy atom. The Bertz CT molecular complexity index is 525. The van der Waals surface area contributed by atoms with Crippen LogP contribution in [0.25, 0.3) is 0 Å². The van der Waals surface area contributed by atoms with Gasteiger partial charge >= 0.3 is 0 Å². The van der Waals surface area contributed by atoms with Crippen molar-refractivity contribution in [2.24, 2.45) is 4.99 Å². The second-order valence-corrected chi connectivity index (χ2v) is 6.51. The minimum Gasteiger partial charge on any atom is -0.364 e. The first kappa shape index (κ1) is 18.4. The van der Waals surface area contributed by atoms with E-state index in [1.54, 1.807) is 0 Å². The van der Waals surface area contributed by atoms with E-state index in [-0.39, 0.29) is 0 Å². The van der Waals surface area contributed by atoms with E-state index in [9.17, 15) is 0 Å². The molecule has 1 heterocycles. The van der Waals surface area contributed by atoms with Crippen LogP contribution in [0.1, 0.15) is 45.1 Å². The van der Waals surface area contributed by atoms with Crippen molar-refractivity contribution in [3.8, 4) is 0 Å². The Balaban J connectivity index is 1.76. The van der Waals surface area contributed by atoms with Gasteiger partial charge in [0, 0.05) is 38.4 Å². The number of benzene rings is 1. The zero-order valence-corrected chi connectivity index (χ0v) is 15.4. The van der Waals surface area contributed by atoms with Gasteiger partial charge in [0.1, 0.15) is 0 Å². The second-order valence-electron chi connectivity index (χ2n) is 6.51. The number of rotatable bonds is 8. The molecule has 0 saturated carbocycles. The van der Waals surface area contributed by atoms with E-state index >= 15 is 0 Å². The van der Waals surface area contributed by atoms with Crippen LogP contribution in [0.5, 0.6) is 0 Å². The molecule has 4 heteroatoms. The number of guanidine groups is 1. The molecule has 0 spiro atoms. The fourth-order valence-electron chi connectivity index (χ4n) is 2.90. The normalized spacial score (nSPS) is 15.6. The summed E-state index contributed by atoms with van der Waals surface area (Å²) in [5.74, 6) is 0.881. The SMILES string of the molecule is CCCCCC(C)NC(=NC)NCc1ccc(N2CC=CC2)cc1. The van der Waals surface area contributed by atoms with E-state index in [4.69, 9.17) is 0 Å². The van der Waals surface area contributed by atoms with Crippen LogP contribution in [0.4, 0.5) is 5.69 Å². The highest BCUT2D eigenvalue weighted by Gasteiger charge is 2.08. The van der Waals surface area contributed by atoms with Crippen LogP contribution in [0.3, 0.4) is 0 Å². The summed E-state index contributed by atoms with van der Waals surface area (Å²) in [5.41, 5.74) is 2.56. The molecule has 2 N–H and O–H groups in total. The fourth-order valence-corrected chi connectivity index (χ4v) is 2.90. The van der Waals surface area contributed by atoms with Gasteiger partial charge in [0.05, 0.1) is 0 Å². The minimum atomic E-state index is 0.452. The predicted octanol–water partition coefficient (Wildman–Crippen LogP) is 3.70. The van der Waals surface area contributed by atoms with E-state index in [0.717, 1.165) is 25.6 Å². The van der Waals surface area contributed by atoms with E-state index < -0.39 is 0 Å². The number of hydrogen-bond acceptors (Lipinski definition) is 2. The van der Waals surface area contributed by atoms with Crippen LogP contribution in [-0.4, -0.2) is 32.1 Å². The van der Waals surface area contributed by atoms with Gasteiger partial charge in [0.25, 0.3) is 0 Å². The van der Waals surface area contributed by atoms with Crippen molar-refractivity contribution >= 4 is 11.6 Å². The number of hydrogen-bond donors (Lipinski definition) is 2. The molecule has 0 radical (unpaired) electrons. The summed E-state index contributed by atoms with van der Waals surface area (Å²) in [7, 11) is 1.83. The minimum absolute atomic E-state index is 0.452. The number of nitrogens with one attached hydrogen (secondary N) is 2. The lowest BCUT2D eigenvalue weighted by atomic mass is 10.1. The molecule has 1 aromatic carbocycles. The molecule has 0 aliphatic carbocycles. The van der Waals surface area contributed by atoms with Crippen LogP contribution < -0.4 is 15.5 Å². The largest absolute Gasteiger partial charge is 0.364 e. The molecule has 0 fully saturated rings. The van der Waals surface area contributed by atoms with Gasteiger partial charge < -0.3 is 15.5 Å². The van der Waals surface area contributed by atoms with Crippen molar-refractivity contribution < 1.29 is 0 Å². The molecule has 0 aromatic heterocycles. The van der Waals surface area contributed by atoms with Gasteiger partial charge in [0.15, 0.2) is 5.96 Å². The molecule has 0 bridgehead atoms. The van der Waals surface area contributed by atoms with Crippen molar-refractivity contribution in [3.63, 3.8) is 0 Å². The number of aliphatic imine (C=N–C) groups is 1. The molecule has 1 aliphatic rings. The average molecular weight is 329 g/mol. The topological polar surface area (TPSA) is 39.7 Å². The quantitative estimate of drug-likeness (QED) is 0.331. The lowest BCUT2D eigenvalue weighted by Gasteiger charge is -2.19. The van der Waals surface area contributed by atoms with Crippen LogP contribution in [0.15, 0.2) is 41.4 Å². The molecule has 1 aliphatic heterocycles. The Morgan fingerprint density at radius 2 is 1.88 bits per heavy atom. The first-order valence-corrected chi connectivity index (χ1v) is 9.19. The number of unbranched alkanes of at least 4 members (excludes halogenated alkanes) is 2. The summed E-state index contributed by atoms with van der Waals surface area (Å²) in [6.07, 6.45) is 9.46. The van der Waals surface area contributed by atoms with Crippen molar-refractivity contribution in [1.29, 1.82) is 0 Å². The Morgan fingerprint density at radius 3 is 2.50 bits per heavy atom. The highest BCUT2D eigenvalue weighted by atomic mass is 15.2. The molecule has 132 valence electrons. The second kappa shape index (κ2) is 10.0. The highest BCUT2D eigenvalue weighted by Crippen LogP contribution is 2.17. The van der Waals surface area contributed by atoms with Gasteiger partial charge in [0.2, 0.25) is 0 Å². The zero-order valence-electron chi connectivity index (χ0n) is 15.4. The van der Waals surface area contributed by atoms with Crippen LogP contribution in [0, 0.1) is 0 Å². The Kier molecular flexibility index (Phi) is 7.66. The molecule has 1 aromatic rings. The van der Waals surface area contributed by atoms with Gasteiger partial charge in [-0.25, -0.2) is 0 Å². The van der Waals surface area contributed by atoms with Crippen LogP contribution >= 0.6 is 0 Å². The van der Waals surface area contributed by atoms with Gasteiger partial charge in [-0.3, -0.25) is 4.99 Å². The zero-order chi connectivity index (χ0) is 17.2. The van der Waals surface area contributed by atoms with Gasteiger partial charge in [-0.05, 0) is 31.0 Å². The summed E-state index contributed by atoms with van der Waals surface area (Å²) in [6, 6.07) is 9.24. The molecule has 24 heavy (non-hydrogen) atoms. The predicted molar refractivity (Wildman–Crippen MR) is 105 cm³/mol. The lowest BCUT2D eigenvalue weighted by Crippen LogP contribution is -2.41. The molecule has 1 atom stereocenters.